The van der Waals surface area contributed by atoms with Crippen LogP contribution in [-0.4, -0.2) is 40.4 Å². The van der Waals surface area contributed by atoms with Gasteiger partial charge in [0.1, 0.15) is 5.72 Å². The van der Waals surface area contributed by atoms with Crippen LogP contribution < -0.4 is 0 Å². The molecular formula is C31H49NO3. The smallest absolute Gasteiger partial charge is 0.224 e. The number of likely N-dealkylation sites (tertiary alicyclic amines) is 1. The summed E-state index contributed by atoms with van der Waals surface area (Å²) in [5.74, 6) is 4.07. The average Bonchev–Trinajstić information content (AvgIpc) is 3.27. The molecule has 6 aliphatic rings. The van der Waals surface area contributed by atoms with Crippen LogP contribution in [0.1, 0.15) is 105 Å². The van der Waals surface area contributed by atoms with E-state index in [1.165, 1.54) is 32.1 Å². The summed E-state index contributed by atoms with van der Waals surface area (Å²) in [6.45, 7) is 12.9. The Morgan fingerprint density at radius 3 is 2.71 bits per heavy atom. The van der Waals surface area contributed by atoms with Crippen molar-refractivity contribution in [2.24, 2.45) is 46.3 Å². The number of hydrogen-bond donors (Lipinski definition) is 1. The summed E-state index contributed by atoms with van der Waals surface area (Å²) < 4.78 is 7.19. The number of aliphatic hydroxyl groups is 1. The van der Waals surface area contributed by atoms with Crippen molar-refractivity contribution in [3.8, 4) is 0 Å². The highest BCUT2D eigenvalue weighted by molar-refractivity contribution is 5.77. The van der Waals surface area contributed by atoms with Crippen LogP contribution in [0.4, 0.5) is 0 Å². The molecule has 4 heteroatoms. The highest BCUT2D eigenvalue weighted by atomic mass is 16.5. The van der Waals surface area contributed by atoms with Crippen LogP contribution in [0.3, 0.4) is 0 Å². The second-order valence-corrected chi connectivity index (χ2v) is 14.1. The molecule has 1 N–H and O–H groups in total. The molecule has 0 radical (unpaired) electrons. The number of allylic oxidation sites excluding steroid dienone is 1. The lowest BCUT2D eigenvalue weighted by molar-refractivity contribution is -0.201. The first-order valence-electron chi connectivity index (χ1n) is 15.0. The van der Waals surface area contributed by atoms with E-state index in [4.69, 9.17) is 4.74 Å². The molecule has 2 heterocycles. The minimum Gasteiger partial charge on any atom is -0.393 e. The topological polar surface area (TPSA) is 49.8 Å². The van der Waals surface area contributed by atoms with Crippen LogP contribution in [0.25, 0.3) is 0 Å². The number of nitrogens with zero attached hydrogens (tertiary/aromatic N) is 1. The molecule has 2 aliphatic heterocycles. The van der Waals surface area contributed by atoms with E-state index in [2.05, 4.69) is 45.6 Å². The lowest BCUT2D eigenvalue weighted by Crippen LogP contribution is -2.60. The van der Waals surface area contributed by atoms with Crippen molar-refractivity contribution in [2.45, 2.75) is 123 Å². The van der Waals surface area contributed by atoms with Gasteiger partial charge in [-0.05, 0) is 105 Å². The lowest BCUT2D eigenvalue weighted by atomic mass is 9.47. The first-order chi connectivity index (χ1) is 16.6. The summed E-state index contributed by atoms with van der Waals surface area (Å²) >= 11 is 0. The summed E-state index contributed by atoms with van der Waals surface area (Å²) in [4.78, 5) is 15.5. The number of hydrogen-bond acceptors (Lipinski definition) is 3. The maximum Gasteiger partial charge on any atom is 0.224 e. The van der Waals surface area contributed by atoms with Crippen molar-refractivity contribution >= 4 is 5.91 Å². The zero-order valence-corrected chi connectivity index (χ0v) is 22.9. The Bertz CT molecular complexity index is 900. The van der Waals surface area contributed by atoms with Crippen LogP contribution in [0.2, 0.25) is 0 Å². The molecule has 0 aromatic carbocycles. The van der Waals surface area contributed by atoms with Gasteiger partial charge in [0.05, 0.1) is 12.2 Å². The van der Waals surface area contributed by atoms with Gasteiger partial charge in [-0.15, -0.1) is 0 Å². The van der Waals surface area contributed by atoms with Gasteiger partial charge >= 0.3 is 0 Å². The number of fused-ring (bicyclic) bond motifs is 7. The number of amides is 1. The maximum atomic E-state index is 13.3. The number of ether oxygens (including phenoxy) is 1. The zero-order valence-electron chi connectivity index (χ0n) is 22.9. The third-order valence-corrected chi connectivity index (χ3v) is 12.5. The number of carbonyl (C=O) groups excluding carboxylic acids is 1. The molecule has 1 spiro atoms. The monoisotopic (exact) mass is 483 g/mol. The third kappa shape index (κ3) is 3.33. The van der Waals surface area contributed by atoms with Crippen molar-refractivity contribution in [3.63, 3.8) is 0 Å². The lowest BCUT2D eigenvalue weighted by Gasteiger charge is -2.59. The normalized spacial score (nSPS) is 53.0. The molecule has 196 valence electrons. The van der Waals surface area contributed by atoms with Gasteiger partial charge in [0.25, 0.3) is 0 Å². The van der Waals surface area contributed by atoms with Crippen LogP contribution >= 0.6 is 0 Å². The molecule has 4 aliphatic carbocycles. The molecular weight excluding hydrogens is 434 g/mol. The van der Waals surface area contributed by atoms with Gasteiger partial charge in [0.2, 0.25) is 5.91 Å². The summed E-state index contributed by atoms with van der Waals surface area (Å²) in [6.07, 6.45) is 14.5. The SMILES string of the molecule is CCCC(=O)N1C[C@H](C)CC[C@]12O[C@H]1C[C@H]3[C@@H]4CC=C5C[C@@H](O)CC[C@]5(C)[C@@H]4CC[C@]3(C)[C@H]1[C@@H]2C. The number of piperidine rings is 1. The van der Waals surface area contributed by atoms with Crippen LogP contribution in [0, 0.1) is 46.3 Å². The predicted molar refractivity (Wildman–Crippen MR) is 138 cm³/mol. The minimum absolute atomic E-state index is 0.132. The minimum atomic E-state index is -0.371. The third-order valence-electron chi connectivity index (χ3n) is 12.5. The molecule has 0 aromatic heterocycles. The highest BCUT2D eigenvalue weighted by Gasteiger charge is 2.69. The van der Waals surface area contributed by atoms with Gasteiger partial charge in [-0.25, -0.2) is 0 Å². The number of rotatable bonds is 2. The van der Waals surface area contributed by atoms with E-state index in [1.54, 1.807) is 5.57 Å². The highest BCUT2D eigenvalue weighted by Crippen LogP contribution is 2.70. The van der Waals surface area contributed by atoms with Crippen LogP contribution in [0.5, 0.6) is 0 Å². The Labute approximate surface area is 213 Å². The van der Waals surface area contributed by atoms with Gasteiger partial charge in [-0.3, -0.25) is 4.79 Å². The number of carbonyl (C=O) groups is 1. The first kappa shape index (κ1) is 24.5. The molecule has 0 unspecified atom stereocenters. The van der Waals surface area contributed by atoms with Gasteiger partial charge < -0.3 is 14.7 Å². The summed E-state index contributed by atoms with van der Waals surface area (Å²) in [5, 5.41) is 10.3. The fraction of sp³-hybridized carbons (Fsp3) is 0.903. The molecule has 5 fully saturated rings. The predicted octanol–water partition coefficient (Wildman–Crippen LogP) is 6.33. The Balaban J connectivity index is 1.29. The molecule has 3 saturated carbocycles. The fourth-order valence-corrected chi connectivity index (χ4v) is 10.7. The van der Waals surface area contributed by atoms with Crippen LogP contribution in [-0.2, 0) is 9.53 Å². The van der Waals surface area contributed by atoms with Crippen LogP contribution in [0.15, 0.2) is 11.6 Å². The van der Waals surface area contributed by atoms with Crippen molar-refractivity contribution < 1.29 is 14.6 Å². The molecule has 1 amide bonds. The van der Waals surface area contributed by atoms with Crippen molar-refractivity contribution in [1.82, 2.24) is 4.90 Å². The fourth-order valence-electron chi connectivity index (χ4n) is 10.7. The van der Waals surface area contributed by atoms with E-state index >= 15 is 0 Å². The Morgan fingerprint density at radius 2 is 1.94 bits per heavy atom. The van der Waals surface area contributed by atoms with E-state index in [0.29, 0.717) is 41.6 Å². The average molecular weight is 484 g/mol. The van der Waals surface area contributed by atoms with Crippen molar-refractivity contribution in [1.29, 1.82) is 0 Å². The molecule has 11 atom stereocenters. The van der Waals surface area contributed by atoms with E-state index in [-0.39, 0.29) is 17.2 Å². The second-order valence-electron chi connectivity index (χ2n) is 14.1. The summed E-state index contributed by atoms with van der Waals surface area (Å²) in [5.41, 5.74) is 1.79. The van der Waals surface area contributed by atoms with Gasteiger partial charge in [0, 0.05) is 18.9 Å². The van der Waals surface area contributed by atoms with E-state index < -0.39 is 0 Å². The quantitative estimate of drug-likeness (QED) is 0.467. The van der Waals surface area contributed by atoms with E-state index in [0.717, 1.165) is 56.4 Å². The molecule has 6 rings (SSSR count). The molecule has 35 heavy (non-hydrogen) atoms. The largest absolute Gasteiger partial charge is 0.393 e. The van der Waals surface area contributed by atoms with Crippen molar-refractivity contribution in [2.75, 3.05) is 6.54 Å². The molecule has 0 aromatic rings. The first-order valence-corrected chi connectivity index (χ1v) is 15.0. The Kier molecular flexibility index (Phi) is 5.81. The van der Waals surface area contributed by atoms with Crippen molar-refractivity contribution in [3.05, 3.63) is 11.6 Å². The summed E-state index contributed by atoms with van der Waals surface area (Å²) in [7, 11) is 0. The standard InChI is InChI=1S/C31H49NO3/c1-6-7-27(34)32-18-19(2)10-15-31(32)20(3)28-26(35-31)17-25-23-9-8-21-16-22(33)11-13-29(21,4)24(23)12-14-30(25,28)5/h8,19-20,22-26,28,33H,6-7,9-18H2,1-5H3/t19-,20+,22+,23-,24-,25+,26+,28+,29+,30+,31-/m1/s1. The van der Waals surface area contributed by atoms with Gasteiger partial charge in [-0.2, -0.15) is 0 Å². The number of aliphatic hydroxyl groups excluding tert-OH is 1. The molecule has 4 nitrogen and oxygen atoms in total. The maximum absolute atomic E-state index is 13.3. The zero-order chi connectivity index (χ0) is 24.8. The summed E-state index contributed by atoms with van der Waals surface area (Å²) in [6, 6.07) is 0. The van der Waals surface area contributed by atoms with E-state index in [9.17, 15) is 9.90 Å². The Morgan fingerprint density at radius 1 is 1.14 bits per heavy atom. The van der Waals surface area contributed by atoms with Gasteiger partial charge in [-0.1, -0.05) is 46.3 Å². The van der Waals surface area contributed by atoms with E-state index in [1.807, 2.05) is 0 Å². The molecule has 2 saturated heterocycles. The Hall–Kier alpha value is -0.870. The molecule has 0 bridgehead atoms. The van der Waals surface area contributed by atoms with Gasteiger partial charge in [0.15, 0.2) is 0 Å². The second kappa shape index (κ2) is 8.32.